The van der Waals surface area contributed by atoms with Crippen LogP contribution in [0.15, 0.2) is 36.5 Å². The van der Waals surface area contributed by atoms with Gasteiger partial charge < -0.3 is 10.6 Å². The van der Waals surface area contributed by atoms with Gasteiger partial charge in [-0.1, -0.05) is 30.3 Å². The van der Waals surface area contributed by atoms with E-state index in [0.29, 0.717) is 17.6 Å². The number of benzene rings is 1. The van der Waals surface area contributed by atoms with E-state index in [0.717, 1.165) is 12.0 Å². The standard InChI is InChI=1S/C16H17F3N6/c1-25-14-12(9-22-25)13(21-10-16(17,18)19)23-15(24-14)20-8-7-11-5-3-2-4-6-11/h2-6,9H,7-8,10H2,1H3,(H2,20,21,23,24). The average molecular weight is 350 g/mol. The highest BCUT2D eigenvalue weighted by Crippen LogP contribution is 2.23. The van der Waals surface area contributed by atoms with Crippen LogP contribution in [0, 0.1) is 0 Å². The highest BCUT2D eigenvalue weighted by Gasteiger charge is 2.27. The Kier molecular flexibility index (Phi) is 4.73. The predicted octanol–water partition coefficient (Wildman–Crippen LogP) is 2.99. The van der Waals surface area contributed by atoms with Crippen LogP contribution in [0.4, 0.5) is 24.9 Å². The lowest BCUT2D eigenvalue weighted by Crippen LogP contribution is -2.22. The van der Waals surface area contributed by atoms with Crippen LogP contribution in [0.2, 0.25) is 0 Å². The van der Waals surface area contributed by atoms with Gasteiger partial charge in [-0.15, -0.1) is 0 Å². The number of halogens is 3. The van der Waals surface area contributed by atoms with Crippen LogP contribution in [0.25, 0.3) is 11.0 Å². The molecule has 0 aliphatic heterocycles. The smallest absolute Gasteiger partial charge is 0.360 e. The molecule has 0 radical (unpaired) electrons. The van der Waals surface area contributed by atoms with Gasteiger partial charge in [-0.25, -0.2) is 0 Å². The van der Waals surface area contributed by atoms with Crippen LogP contribution in [-0.4, -0.2) is 39.0 Å². The number of aryl methyl sites for hydroxylation is 1. The molecule has 0 saturated carbocycles. The summed E-state index contributed by atoms with van der Waals surface area (Å²) in [6, 6.07) is 9.85. The van der Waals surface area contributed by atoms with Crippen molar-refractivity contribution in [3.63, 3.8) is 0 Å². The van der Waals surface area contributed by atoms with Gasteiger partial charge >= 0.3 is 6.18 Å². The molecule has 3 aromatic rings. The van der Waals surface area contributed by atoms with Gasteiger partial charge in [-0.2, -0.15) is 28.2 Å². The molecule has 1 aromatic carbocycles. The molecule has 9 heteroatoms. The van der Waals surface area contributed by atoms with E-state index in [1.165, 1.54) is 10.9 Å². The molecule has 2 heterocycles. The molecule has 0 spiro atoms. The quantitative estimate of drug-likeness (QED) is 0.715. The lowest BCUT2D eigenvalue weighted by molar-refractivity contribution is -0.115. The van der Waals surface area contributed by atoms with Crippen molar-refractivity contribution >= 4 is 22.8 Å². The molecule has 2 N–H and O–H groups in total. The minimum atomic E-state index is -4.33. The van der Waals surface area contributed by atoms with Crippen LogP contribution >= 0.6 is 0 Å². The van der Waals surface area contributed by atoms with Gasteiger partial charge in [0.25, 0.3) is 0 Å². The largest absolute Gasteiger partial charge is 0.405 e. The molecule has 0 aliphatic rings. The predicted molar refractivity (Wildman–Crippen MR) is 89.5 cm³/mol. The Morgan fingerprint density at radius 1 is 1.08 bits per heavy atom. The van der Waals surface area contributed by atoms with Crippen LogP contribution in [-0.2, 0) is 13.5 Å². The third-order valence-corrected chi connectivity index (χ3v) is 3.59. The molecule has 132 valence electrons. The number of fused-ring (bicyclic) bond motifs is 1. The molecule has 0 atom stereocenters. The van der Waals surface area contributed by atoms with Crippen molar-refractivity contribution < 1.29 is 13.2 Å². The Hall–Kier alpha value is -2.84. The lowest BCUT2D eigenvalue weighted by atomic mass is 10.1. The highest BCUT2D eigenvalue weighted by atomic mass is 19.4. The fraction of sp³-hybridized carbons (Fsp3) is 0.312. The second kappa shape index (κ2) is 6.96. The summed E-state index contributed by atoms with van der Waals surface area (Å²) in [5, 5.41) is 9.85. The van der Waals surface area contributed by atoms with Crippen molar-refractivity contribution in [2.75, 3.05) is 23.7 Å². The summed E-state index contributed by atoms with van der Waals surface area (Å²) in [5.41, 5.74) is 1.61. The first kappa shape index (κ1) is 17.0. The first-order chi connectivity index (χ1) is 11.9. The third kappa shape index (κ3) is 4.37. The van der Waals surface area contributed by atoms with Crippen LogP contribution in [0.1, 0.15) is 5.56 Å². The van der Waals surface area contributed by atoms with Crippen molar-refractivity contribution in [1.29, 1.82) is 0 Å². The fourth-order valence-corrected chi connectivity index (χ4v) is 2.38. The second-order valence-electron chi connectivity index (χ2n) is 5.53. The first-order valence-corrected chi connectivity index (χ1v) is 7.70. The zero-order valence-electron chi connectivity index (χ0n) is 13.5. The number of nitrogens with one attached hydrogen (secondary N) is 2. The molecule has 0 fully saturated rings. The van der Waals surface area contributed by atoms with E-state index in [9.17, 15) is 13.2 Å². The SMILES string of the molecule is Cn1ncc2c(NCC(F)(F)F)nc(NCCc3ccccc3)nc21. The summed E-state index contributed by atoms with van der Waals surface area (Å²) in [4.78, 5) is 8.49. The van der Waals surface area contributed by atoms with E-state index >= 15 is 0 Å². The number of alkyl halides is 3. The van der Waals surface area contributed by atoms with E-state index in [2.05, 4.69) is 25.7 Å². The minimum Gasteiger partial charge on any atom is -0.360 e. The zero-order chi connectivity index (χ0) is 17.9. The van der Waals surface area contributed by atoms with Gasteiger partial charge in [-0.3, -0.25) is 4.68 Å². The van der Waals surface area contributed by atoms with Gasteiger partial charge in [0.15, 0.2) is 5.65 Å². The van der Waals surface area contributed by atoms with E-state index in [1.807, 2.05) is 30.3 Å². The maximum absolute atomic E-state index is 12.5. The van der Waals surface area contributed by atoms with Crippen molar-refractivity contribution in [3.8, 4) is 0 Å². The molecule has 0 saturated heterocycles. The van der Waals surface area contributed by atoms with Crippen LogP contribution in [0.3, 0.4) is 0 Å². The monoisotopic (exact) mass is 350 g/mol. The summed E-state index contributed by atoms with van der Waals surface area (Å²) in [5.74, 6) is 0.370. The molecule has 0 amide bonds. The van der Waals surface area contributed by atoms with Gasteiger partial charge in [0.1, 0.15) is 12.4 Å². The fourth-order valence-electron chi connectivity index (χ4n) is 2.38. The topological polar surface area (TPSA) is 67.7 Å². The van der Waals surface area contributed by atoms with E-state index in [4.69, 9.17) is 0 Å². The van der Waals surface area contributed by atoms with Gasteiger partial charge in [0.05, 0.1) is 11.6 Å². The Bertz CT molecular complexity index is 844. The number of hydrogen-bond donors (Lipinski definition) is 2. The second-order valence-corrected chi connectivity index (χ2v) is 5.53. The molecule has 0 bridgehead atoms. The molecule has 3 rings (SSSR count). The minimum absolute atomic E-state index is 0.109. The normalized spacial score (nSPS) is 11.7. The summed E-state index contributed by atoms with van der Waals surface area (Å²) < 4.78 is 39.0. The molecule has 0 unspecified atom stereocenters. The Labute approximate surface area is 142 Å². The first-order valence-electron chi connectivity index (χ1n) is 7.70. The lowest BCUT2D eigenvalue weighted by Gasteiger charge is -2.12. The molecule has 2 aromatic heterocycles. The number of nitrogens with zero attached hydrogens (tertiary/aromatic N) is 4. The van der Waals surface area contributed by atoms with E-state index in [-0.39, 0.29) is 11.8 Å². The third-order valence-electron chi connectivity index (χ3n) is 3.59. The summed E-state index contributed by atoms with van der Waals surface area (Å²) in [7, 11) is 1.68. The summed E-state index contributed by atoms with van der Waals surface area (Å²) >= 11 is 0. The zero-order valence-corrected chi connectivity index (χ0v) is 13.5. The Morgan fingerprint density at radius 2 is 1.84 bits per heavy atom. The summed E-state index contributed by atoms with van der Waals surface area (Å²) in [6.07, 6.45) is -2.14. The number of anilines is 2. The van der Waals surface area contributed by atoms with Gasteiger partial charge in [0.2, 0.25) is 5.95 Å². The highest BCUT2D eigenvalue weighted by molar-refractivity contribution is 5.87. The van der Waals surface area contributed by atoms with Crippen LogP contribution < -0.4 is 10.6 Å². The van der Waals surface area contributed by atoms with E-state index < -0.39 is 12.7 Å². The number of aromatic nitrogens is 4. The van der Waals surface area contributed by atoms with Gasteiger partial charge in [0, 0.05) is 13.6 Å². The molecule has 25 heavy (non-hydrogen) atoms. The molecule has 6 nitrogen and oxygen atoms in total. The number of hydrogen-bond acceptors (Lipinski definition) is 5. The number of rotatable bonds is 6. The Balaban J connectivity index is 1.76. The van der Waals surface area contributed by atoms with Crippen LogP contribution in [0.5, 0.6) is 0 Å². The van der Waals surface area contributed by atoms with Crippen molar-refractivity contribution in [2.45, 2.75) is 12.6 Å². The van der Waals surface area contributed by atoms with Crippen molar-refractivity contribution in [2.24, 2.45) is 7.05 Å². The van der Waals surface area contributed by atoms with E-state index in [1.54, 1.807) is 7.05 Å². The maximum Gasteiger partial charge on any atom is 0.405 e. The molecular formula is C16H17F3N6. The maximum atomic E-state index is 12.5. The summed E-state index contributed by atoms with van der Waals surface area (Å²) in [6.45, 7) is -0.608. The Morgan fingerprint density at radius 3 is 2.56 bits per heavy atom. The van der Waals surface area contributed by atoms with Crippen molar-refractivity contribution in [1.82, 2.24) is 19.7 Å². The van der Waals surface area contributed by atoms with Gasteiger partial charge in [-0.05, 0) is 12.0 Å². The van der Waals surface area contributed by atoms with Crippen molar-refractivity contribution in [3.05, 3.63) is 42.1 Å². The molecule has 0 aliphatic carbocycles. The molecular weight excluding hydrogens is 333 g/mol. The average Bonchev–Trinajstić information content (AvgIpc) is 2.94.